The molecule has 0 spiro atoms. The van der Waals surface area contributed by atoms with Crippen molar-refractivity contribution in [2.45, 2.75) is 58.5 Å². The molecule has 106 valence electrons. The maximum absolute atomic E-state index is 12.0. The van der Waals surface area contributed by atoms with Crippen molar-refractivity contribution in [3.05, 3.63) is 0 Å². The van der Waals surface area contributed by atoms with Crippen LogP contribution in [-0.2, 0) is 4.74 Å². The minimum Gasteiger partial charge on any atom is -0.444 e. The van der Waals surface area contributed by atoms with E-state index < -0.39 is 5.60 Å². The smallest absolute Gasteiger partial charge is 0.410 e. The van der Waals surface area contributed by atoms with Gasteiger partial charge in [0.15, 0.2) is 0 Å². The fourth-order valence-electron chi connectivity index (χ4n) is 2.37. The monoisotopic (exact) mass is 256 g/mol. The van der Waals surface area contributed by atoms with Crippen LogP contribution in [0.2, 0.25) is 0 Å². The largest absolute Gasteiger partial charge is 0.444 e. The quantitative estimate of drug-likeness (QED) is 0.844. The highest BCUT2D eigenvalue weighted by Crippen LogP contribution is 2.22. The summed E-state index contributed by atoms with van der Waals surface area (Å²) in [4.78, 5) is 13.8. The van der Waals surface area contributed by atoms with Crippen LogP contribution in [-0.4, -0.2) is 36.2 Å². The molecule has 0 aromatic carbocycles. The Morgan fingerprint density at radius 3 is 2.67 bits per heavy atom. The highest BCUT2D eigenvalue weighted by atomic mass is 16.6. The Hall–Kier alpha value is -0.770. The Morgan fingerprint density at radius 1 is 1.33 bits per heavy atom. The molecule has 1 aliphatic rings. The SMILES string of the molecule is CC(C)(C)OC(=O)N1CCCC(CCCN)CC1. The van der Waals surface area contributed by atoms with Gasteiger partial charge in [0.25, 0.3) is 0 Å². The van der Waals surface area contributed by atoms with Crippen molar-refractivity contribution in [2.75, 3.05) is 19.6 Å². The van der Waals surface area contributed by atoms with Crippen molar-refractivity contribution in [3.8, 4) is 0 Å². The molecular weight excluding hydrogens is 228 g/mol. The van der Waals surface area contributed by atoms with E-state index in [2.05, 4.69) is 0 Å². The molecule has 4 nitrogen and oxygen atoms in total. The highest BCUT2D eigenvalue weighted by Gasteiger charge is 2.24. The summed E-state index contributed by atoms with van der Waals surface area (Å²) in [6, 6.07) is 0. The van der Waals surface area contributed by atoms with Crippen LogP contribution in [0.3, 0.4) is 0 Å². The molecule has 0 bridgehead atoms. The van der Waals surface area contributed by atoms with Crippen LogP contribution >= 0.6 is 0 Å². The molecule has 1 rings (SSSR count). The van der Waals surface area contributed by atoms with Crippen LogP contribution < -0.4 is 5.73 Å². The third kappa shape index (κ3) is 5.71. The fraction of sp³-hybridized carbons (Fsp3) is 0.929. The van der Waals surface area contributed by atoms with E-state index in [1.807, 2.05) is 25.7 Å². The molecule has 0 saturated carbocycles. The van der Waals surface area contributed by atoms with Gasteiger partial charge in [-0.15, -0.1) is 0 Å². The fourth-order valence-corrected chi connectivity index (χ4v) is 2.37. The molecule has 2 N–H and O–H groups in total. The van der Waals surface area contributed by atoms with E-state index in [9.17, 15) is 4.79 Å². The number of likely N-dealkylation sites (tertiary alicyclic amines) is 1. The van der Waals surface area contributed by atoms with Crippen LogP contribution in [0, 0.1) is 5.92 Å². The van der Waals surface area contributed by atoms with E-state index in [4.69, 9.17) is 10.5 Å². The van der Waals surface area contributed by atoms with E-state index in [-0.39, 0.29) is 6.09 Å². The molecule has 4 heteroatoms. The molecule has 0 radical (unpaired) electrons. The lowest BCUT2D eigenvalue weighted by Crippen LogP contribution is -2.37. The van der Waals surface area contributed by atoms with Crippen LogP contribution in [0.15, 0.2) is 0 Å². The maximum Gasteiger partial charge on any atom is 0.410 e. The Bertz CT molecular complexity index is 261. The zero-order chi connectivity index (χ0) is 13.6. The van der Waals surface area contributed by atoms with Crippen LogP contribution in [0.25, 0.3) is 0 Å². The summed E-state index contributed by atoms with van der Waals surface area (Å²) in [6.45, 7) is 8.15. The Morgan fingerprint density at radius 2 is 2.06 bits per heavy atom. The first-order valence-corrected chi connectivity index (χ1v) is 7.10. The molecule has 1 atom stereocenters. The number of amides is 1. The van der Waals surface area contributed by atoms with Gasteiger partial charge in [-0.05, 0) is 65.3 Å². The topological polar surface area (TPSA) is 55.6 Å². The predicted octanol–water partition coefficient (Wildman–Crippen LogP) is 2.76. The first-order valence-electron chi connectivity index (χ1n) is 7.10. The van der Waals surface area contributed by atoms with E-state index in [0.717, 1.165) is 44.8 Å². The predicted molar refractivity (Wildman–Crippen MR) is 73.4 cm³/mol. The number of nitrogens with two attached hydrogens (primary N) is 1. The highest BCUT2D eigenvalue weighted by molar-refractivity contribution is 5.68. The first-order chi connectivity index (χ1) is 8.42. The summed E-state index contributed by atoms with van der Waals surface area (Å²) < 4.78 is 5.42. The summed E-state index contributed by atoms with van der Waals surface area (Å²) in [5, 5.41) is 0. The lowest BCUT2D eigenvalue weighted by Gasteiger charge is -2.26. The molecule has 0 aliphatic carbocycles. The number of hydrogen-bond acceptors (Lipinski definition) is 3. The summed E-state index contributed by atoms with van der Waals surface area (Å²) >= 11 is 0. The van der Waals surface area contributed by atoms with Crippen LogP contribution in [0.5, 0.6) is 0 Å². The summed E-state index contributed by atoms with van der Waals surface area (Å²) in [7, 11) is 0. The molecule has 18 heavy (non-hydrogen) atoms. The van der Waals surface area contributed by atoms with Gasteiger partial charge in [0.1, 0.15) is 5.60 Å². The number of ether oxygens (including phenoxy) is 1. The first kappa shape index (κ1) is 15.3. The van der Waals surface area contributed by atoms with Crippen molar-refractivity contribution in [2.24, 2.45) is 11.7 Å². The zero-order valence-corrected chi connectivity index (χ0v) is 12.1. The molecule has 1 amide bonds. The number of carbonyl (C=O) groups is 1. The molecule has 1 heterocycles. The van der Waals surface area contributed by atoms with Crippen molar-refractivity contribution < 1.29 is 9.53 Å². The Balaban J connectivity index is 2.39. The molecule has 1 aliphatic heterocycles. The van der Waals surface area contributed by atoms with Crippen molar-refractivity contribution in [3.63, 3.8) is 0 Å². The third-order valence-electron chi connectivity index (χ3n) is 3.32. The molecular formula is C14H28N2O2. The lowest BCUT2D eigenvalue weighted by molar-refractivity contribution is 0.0255. The van der Waals surface area contributed by atoms with E-state index in [0.29, 0.717) is 0 Å². The van der Waals surface area contributed by atoms with Gasteiger partial charge in [0, 0.05) is 13.1 Å². The minimum absolute atomic E-state index is 0.165. The van der Waals surface area contributed by atoms with Gasteiger partial charge in [-0.25, -0.2) is 4.79 Å². The van der Waals surface area contributed by atoms with Crippen molar-refractivity contribution in [1.29, 1.82) is 0 Å². The van der Waals surface area contributed by atoms with Gasteiger partial charge in [-0.3, -0.25) is 0 Å². The standard InChI is InChI=1S/C14H28N2O2/c1-14(2,3)18-13(17)16-10-5-7-12(8-11-16)6-4-9-15/h12H,4-11,15H2,1-3H3. The van der Waals surface area contributed by atoms with Gasteiger partial charge >= 0.3 is 6.09 Å². The molecule has 1 unspecified atom stereocenters. The van der Waals surface area contributed by atoms with E-state index in [1.54, 1.807) is 0 Å². The molecule has 1 fully saturated rings. The van der Waals surface area contributed by atoms with Gasteiger partial charge in [0.2, 0.25) is 0 Å². The van der Waals surface area contributed by atoms with Gasteiger partial charge in [-0.1, -0.05) is 0 Å². The number of hydrogen-bond donors (Lipinski definition) is 1. The van der Waals surface area contributed by atoms with Gasteiger partial charge in [0.05, 0.1) is 0 Å². The second kappa shape index (κ2) is 6.98. The van der Waals surface area contributed by atoms with Crippen LogP contribution in [0.1, 0.15) is 52.9 Å². The third-order valence-corrected chi connectivity index (χ3v) is 3.32. The number of nitrogens with zero attached hydrogens (tertiary/aromatic N) is 1. The summed E-state index contributed by atoms with van der Waals surface area (Å²) in [5.74, 6) is 0.723. The number of carbonyl (C=O) groups excluding carboxylic acids is 1. The summed E-state index contributed by atoms with van der Waals surface area (Å²) in [5.41, 5.74) is 5.14. The molecule has 0 aromatic heterocycles. The number of rotatable bonds is 3. The molecule has 1 saturated heterocycles. The summed E-state index contributed by atoms with van der Waals surface area (Å²) in [6.07, 6.45) is 5.49. The second-order valence-electron chi connectivity index (χ2n) is 6.20. The average molecular weight is 256 g/mol. The van der Waals surface area contributed by atoms with E-state index in [1.165, 1.54) is 12.8 Å². The molecule has 0 aromatic rings. The van der Waals surface area contributed by atoms with Crippen LogP contribution in [0.4, 0.5) is 4.79 Å². The average Bonchev–Trinajstić information content (AvgIpc) is 2.49. The Kier molecular flexibility index (Phi) is 5.93. The van der Waals surface area contributed by atoms with Crippen molar-refractivity contribution in [1.82, 2.24) is 4.90 Å². The van der Waals surface area contributed by atoms with Crippen molar-refractivity contribution >= 4 is 6.09 Å². The second-order valence-corrected chi connectivity index (χ2v) is 6.20. The maximum atomic E-state index is 12.0. The van der Waals surface area contributed by atoms with Gasteiger partial charge < -0.3 is 15.4 Å². The van der Waals surface area contributed by atoms with Gasteiger partial charge in [-0.2, -0.15) is 0 Å². The Labute approximate surface area is 111 Å². The minimum atomic E-state index is -0.400. The normalized spacial score (nSPS) is 21.6. The lowest BCUT2D eigenvalue weighted by atomic mass is 9.95. The van der Waals surface area contributed by atoms with E-state index >= 15 is 0 Å². The zero-order valence-electron chi connectivity index (χ0n) is 12.1.